The maximum atomic E-state index is 12.2. The number of carboxylic acids is 1. The number of aliphatic carboxylic acids is 1. The summed E-state index contributed by atoms with van der Waals surface area (Å²) in [4.78, 5) is 24.2. The van der Waals surface area contributed by atoms with E-state index in [-0.39, 0.29) is 12.2 Å². The number of ether oxygens (including phenoxy) is 1. The molecule has 2 aromatic rings. The number of methoxy groups -OCH3 is 1. The summed E-state index contributed by atoms with van der Waals surface area (Å²) in [6.07, 6.45) is 1.66. The molecule has 0 fully saturated rings. The molecule has 7 heteroatoms. The summed E-state index contributed by atoms with van der Waals surface area (Å²) in [5.74, 6) is -0.729. The van der Waals surface area contributed by atoms with Crippen molar-refractivity contribution in [3.8, 4) is 11.4 Å². The van der Waals surface area contributed by atoms with Crippen LogP contribution in [0.2, 0.25) is 0 Å². The zero-order valence-corrected chi connectivity index (χ0v) is 12.4. The van der Waals surface area contributed by atoms with Crippen LogP contribution in [0.1, 0.15) is 17.4 Å². The summed E-state index contributed by atoms with van der Waals surface area (Å²) in [5.41, 5.74) is 0.986. The second-order valence-electron chi connectivity index (χ2n) is 4.56. The summed E-state index contributed by atoms with van der Waals surface area (Å²) >= 11 is 0. The van der Waals surface area contributed by atoms with Crippen LogP contribution < -0.4 is 4.74 Å². The van der Waals surface area contributed by atoms with E-state index >= 15 is 0 Å². The Morgan fingerprint density at radius 3 is 2.50 bits per heavy atom. The maximum absolute atomic E-state index is 12.2. The number of nitrogens with zero attached hydrogens (tertiary/aromatic N) is 3. The minimum atomic E-state index is -1.05. The molecule has 0 bridgehead atoms. The van der Waals surface area contributed by atoms with Crippen LogP contribution in [-0.2, 0) is 4.79 Å². The number of carboxylic acid groups (broad SMARTS) is 1. The summed E-state index contributed by atoms with van der Waals surface area (Å²) in [7, 11) is 1.58. The first-order valence-electron chi connectivity index (χ1n) is 6.76. The van der Waals surface area contributed by atoms with Crippen LogP contribution in [0.3, 0.4) is 0 Å². The highest BCUT2D eigenvalue weighted by Crippen LogP contribution is 2.15. The predicted octanol–water partition coefficient (Wildman–Crippen LogP) is 1.43. The van der Waals surface area contributed by atoms with E-state index in [0.29, 0.717) is 6.54 Å². The average molecular weight is 303 g/mol. The van der Waals surface area contributed by atoms with Gasteiger partial charge in [0.15, 0.2) is 5.69 Å². The summed E-state index contributed by atoms with van der Waals surface area (Å²) in [6, 6.07) is 8.78. The topological polar surface area (TPSA) is 84.7 Å². The number of carbonyl (C=O) groups is 2. The van der Waals surface area contributed by atoms with Crippen LogP contribution in [0.15, 0.2) is 36.5 Å². The highest BCUT2D eigenvalue weighted by Gasteiger charge is 2.19. The number of likely N-dealkylation sites (N-methyl/N-ethyl adjacent to an activating group) is 1. The molecule has 0 spiro atoms. The number of carbonyl (C=O) groups excluding carboxylic acids is 1. The molecule has 22 heavy (non-hydrogen) atoms. The van der Waals surface area contributed by atoms with Crippen LogP contribution in [0.5, 0.6) is 5.75 Å². The van der Waals surface area contributed by atoms with Gasteiger partial charge in [-0.3, -0.25) is 9.59 Å². The Balaban J connectivity index is 2.19. The van der Waals surface area contributed by atoms with Crippen molar-refractivity contribution >= 4 is 11.9 Å². The van der Waals surface area contributed by atoms with Gasteiger partial charge in [-0.25, -0.2) is 4.68 Å². The van der Waals surface area contributed by atoms with Gasteiger partial charge in [0.05, 0.1) is 12.8 Å². The predicted molar refractivity (Wildman–Crippen MR) is 79.3 cm³/mol. The molecule has 1 amide bonds. The third-order valence-electron chi connectivity index (χ3n) is 3.14. The van der Waals surface area contributed by atoms with Crippen molar-refractivity contribution < 1.29 is 19.4 Å². The van der Waals surface area contributed by atoms with Gasteiger partial charge in [0.2, 0.25) is 0 Å². The average Bonchev–Trinajstić information content (AvgIpc) is 3.01. The highest BCUT2D eigenvalue weighted by atomic mass is 16.5. The number of amides is 1. The lowest BCUT2D eigenvalue weighted by molar-refractivity contribution is -0.137. The quantitative estimate of drug-likeness (QED) is 0.872. The Morgan fingerprint density at radius 1 is 1.27 bits per heavy atom. The molecule has 0 radical (unpaired) electrons. The van der Waals surface area contributed by atoms with E-state index in [9.17, 15) is 9.59 Å². The van der Waals surface area contributed by atoms with E-state index < -0.39 is 11.9 Å². The van der Waals surface area contributed by atoms with Crippen molar-refractivity contribution in [3.05, 3.63) is 42.2 Å². The number of aromatic nitrogens is 2. The molecule has 7 nitrogen and oxygen atoms in total. The van der Waals surface area contributed by atoms with E-state index in [1.54, 1.807) is 43.1 Å². The van der Waals surface area contributed by atoms with E-state index in [1.165, 1.54) is 4.90 Å². The van der Waals surface area contributed by atoms with E-state index in [0.717, 1.165) is 11.4 Å². The van der Waals surface area contributed by atoms with Gasteiger partial charge in [0, 0.05) is 12.7 Å². The first-order valence-corrected chi connectivity index (χ1v) is 6.76. The molecule has 2 rings (SSSR count). The molecular formula is C15H17N3O4. The monoisotopic (exact) mass is 303 g/mol. The van der Waals surface area contributed by atoms with Gasteiger partial charge < -0.3 is 14.7 Å². The highest BCUT2D eigenvalue weighted by molar-refractivity contribution is 5.94. The van der Waals surface area contributed by atoms with Crippen molar-refractivity contribution in [3.63, 3.8) is 0 Å². The van der Waals surface area contributed by atoms with Gasteiger partial charge in [-0.05, 0) is 37.3 Å². The van der Waals surface area contributed by atoms with Gasteiger partial charge in [0.1, 0.15) is 12.3 Å². The number of benzene rings is 1. The number of rotatable bonds is 6. The summed E-state index contributed by atoms with van der Waals surface area (Å²) in [6.45, 7) is 1.69. The van der Waals surface area contributed by atoms with Crippen LogP contribution in [0.4, 0.5) is 0 Å². The van der Waals surface area contributed by atoms with Crippen molar-refractivity contribution in [2.45, 2.75) is 6.92 Å². The molecule has 0 saturated heterocycles. The lowest BCUT2D eigenvalue weighted by Gasteiger charge is -2.16. The molecule has 0 aliphatic heterocycles. The van der Waals surface area contributed by atoms with Gasteiger partial charge in [-0.2, -0.15) is 5.10 Å². The van der Waals surface area contributed by atoms with Gasteiger partial charge >= 0.3 is 5.97 Å². The van der Waals surface area contributed by atoms with E-state index in [1.807, 2.05) is 12.1 Å². The fourth-order valence-corrected chi connectivity index (χ4v) is 1.97. The van der Waals surface area contributed by atoms with Crippen LogP contribution in [0, 0.1) is 0 Å². The van der Waals surface area contributed by atoms with Gasteiger partial charge in [0.25, 0.3) is 5.91 Å². The van der Waals surface area contributed by atoms with Crippen molar-refractivity contribution in [1.82, 2.24) is 14.7 Å². The largest absolute Gasteiger partial charge is 0.497 e. The molecule has 1 aromatic carbocycles. The third-order valence-corrected chi connectivity index (χ3v) is 3.14. The number of hydrogen-bond donors (Lipinski definition) is 1. The molecule has 0 saturated carbocycles. The zero-order valence-electron chi connectivity index (χ0n) is 12.4. The van der Waals surface area contributed by atoms with E-state index in [4.69, 9.17) is 9.84 Å². The third kappa shape index (κ3) is 3.43. The molecule has 1 N–H and O–H groups in total. The second-order valence-corrected chi connectivity index (χ2v) is 4.56. The molecule has 0 aliphatic carbocycles. The molecule has 116 valence electrons. The SMILES string of the molecule is CCN(CC(=O)O)C(=O)c1ccn(-c2ccc(OC)cc2)n1. The first kappa shape index (κ1) is 15.6. The fraction of sp³-hybridized carbons (Fsp3) is 0.267. The minimum Gasteiger partial charge on any atom is -0.497 e. The van der Waals surface area contributed by atoms with Crippen LogP contribution in [-0.4, -0.2) is 51.9 Å². The minimum absolute atomic E-state index is 0.207. The van der Waals surface area contributed by atoms with Gasteiger partial charge in [-0.1, -0.05) is 0 Å². The number of hydrogen-bond acceptors (Lipinski definition) is 4. The molecule has 0 atom stereocenters. The molecular weight excluding hydrogens is 286 g/mol. The van der Waals surface area contributed by atoms with E-state index in [2.05, 4.69) is 5.10 Å². The normalized spacial score (nSPS) is 10.3. The summed E-state index contributed by atoms with van der Waals surface area (Å²) in [5, 5.41) is 13.0. The lowest BCUT2D eigenvalue weighted by Crippen LogP contribution is -2.35. The van der Waals surface area contributed by atoms with Crippen molar-refractivity contribution in [2.24, 2.45) is 0 Å². The zero-order chi connectivity index (χ0) is 16.1. The van der Waals surface area contributed by atoms with Gasteiger partial charge in [-0.15, -0.1) is 0 Å². The smallest absolute Gasteiger partial charge is 0.323 e. The summed E-state index contributed by atoms with van der Waals surface area (Å²) < 4.78 is 6.64. The lowest BCUT2D eigenvalue weighted by atomic mass is 10.3. The second kappa shape index (κ2) is 6.75. The molecule has 0 aliphatic rings. The van der Waals surface area contributed by atoms with Crippen LogP contribution in [0.25, 0.3) is 5.69 Å². The van der Waals surface area contributed by atoms with Crippen LogP contribution >= 0.6 is 0 Å². The molecule has 0 unspecified atom stereocenters. The Hall–Kier alpha value is -2.83. The standard InChI is InChI=1S/C15H17N3O4/c1-3-17(10-14(19)20)15(21)13-8-9-18(16-13)11-4-6-12(22-2)7-5-11/h4-9H,3,10H2,1-2H3,(H,19,20). The Labute approximate surface area is 127 Å². The first-order chi connectivity index (χ1) is 10.5. The molecule has 1 heterocycles. The van der Waals surface area contributed by atoms with Crippen molar-refractivity contribution in [2.75, 3.05) is 20.2 Å². The Morgan fingerprint density at radius 2 is 1.95 bits per heavy atom. The van der Waals surface area contributed by atoms with Crippen molar-refractivity contribution in [1.29, 1.82) is 0 Å². The Bertz CT molecular complexity index is 664. The fourth-order valence-electron chi connectivity index (χ4n) is 1.97. The Kier molecular flexibility index (Phi) is 4.77. The maximum Gasteiger partial charge on any atom is 0.323 e. The molecule has 1 aromatic heterocycles.